The summed E-state index contributed by atoms with van der Waals surface area (Å²) in [5.41, 5.74) is 0.0669. The molecule has 3 unspecified atom stereocenters. The molecule has 4 bridgehead atoms. The number of carbonyl (C=O) groups is 1. The van der Waals surface area contributed by atoms with E-state index in [1.54, 1.807) is 0 Å². The Morgan fingerprint density at radius 2 is 1.76 bits per heavy atom. The molecular formula is C21H25N5O3. The van der Waals surface area contributed by atoms with Crippen LogP contribution in [0.2, 0.25) is 0 Å². The van der Waals surface area contributed by atoms with Crippen molar-refractivity contribution in [2.24, 2.45) is 5.92 Å². The van der Waals surface area contributed by atoms with Crippen molar-refractivity contribution < 1.29 is 4.79 Å². The molecule has 8 heteroatoms. The van der Waals surface area contributed by atoms with Gasteiger partial charge in [0.1, 0.15) is 6.54 Å². The number of H-pyrrole nitrogens is 1. The van der Waals surface area contributed by atoms with Crippen LogP contribution in [0.15, 0.2) is 52.2 Å². The minimum absolute atomic E-state index is 0.0152. The van der Waals surface area contributed by atoms with Crippen LogP contribution in [-0.4, -0.2) is 70.6 Å². The highest BCUT2D eigenvalue weighted by molar-refractivity contribution is 5.76. The highest BCUT2D eigenvalue weighted by Crippen LogP contribution is 2.43. The topological polar surface area (TPSA) is 90.4 Å². The van der Waals surface area contributed by atoms with Crippen LogP contribution in [0.25, 0.3) is 0 Å². The second-order valence-electron chi connectivity index (χ2n) is 8.54. The molecule has 1 amide bonds. The van der Waals surface area contributed by atoms with Gasteiger partial charge in [-0.15, -0.1) is 0 Å². The smallest absolute Gasteiger partial charge is 0.328 e. The third-order valence-electron chi connectivity index (χ3n) is 6.67. The number of carbonyl (C=O) groups excluding carboxylic acids is 1. The summed E-state index contributed by atoms with van der Waals surface area (Å²) in [5.74, 6) is 0.145. The molecule has 4 fully saturated rings. The molecule has 5 heterocycles. The van der Waals surface area contributed by atoms with Crippen LogP contribution in [0, 0.1) is 5.92 Å². The molecule has 2 aromatic rings. The van der Waals surface area contributed by atoms with Crippen molar-refractivity contribution in [3.63, 3.8) is 0 Å². The Morgan fingerprint density at radius 3 is 2.41 bits per heavy atom. The van der Waals surface area contributed by atoms with Crippen molar-refractivity contribution >= 4 is 5.91 Å². The lowest BCUT2D eigenvalue weighted by molar-refractivity contribution is -0.125. The van der Waals surface area contributed by atoms with E-state index in [1.807, 2.05) is 6.07 Å². The van der Waals surface area contributed by atoms with Crippen LogP contribution in [0.1, 0.15) is 5.56 Å². The maximum absolute atomic E-state index is 12.9. The Kier molecular flexibility index (Phi) is 4.40. The summed E-state index contributed by atoms with van der Waals surface area (Å²) in [6.45, 7) is 5.85. The van der Waals surface area contributed by atoms with Gasteiger partial charge in [-0.05, 0) is 5.56 Å². The van der Waals surface area contributed by atoms with E-state index in [-0.39, 0.29) is 23.9 Å². The lowest BCUT2D eigenvalue weighted by Crippen LogP contribution is -2.70. The van der Waals surface area contributed by atoms with Crippen molar-refractivity contribution in [3.05, 3.63) is 69.0 Å². The van der Waals surface area contributed by atoms with Gasteiger partial charge >= 0.3 is 5.69 Å². The van der Waals surface area contributed by atoms with Crippen LogP contribution in [0.3, 0.4) is 0 Å². The first kappa shape index (κ1) is 18.3. The standard InChI is InChI=1S/C21H25N5O3/c27-17-6-7-26(20(29)23-17)12-18(28)22-19-15-10-24-8-9-25(11-15)14-21(19,13-24)16-4-2-1-3-5-16/h1-7,15,19H,8-14H2,(H,22,28)(H,23,27,29). The molecule has 4 aliphatic rings. The minimum atomic E-state index is -0.565. The average molecular weight is 395 g/mol. The van der Waals surface area contributed by atoms with Gasteiger partial charge in [-0.25, -0.2) is 4.79 Å². The third kappa shape index (κ3) is 3.22. The van der Waals surface area contributed by atoms with E-state index in [1.165, 1.54) is 22.4 Å². The number of hydrogen-bond donors (Lipinski definition) is 2. The van der Waals surface area contributed by atoms with E-state index in [2.05, 4.69) is 44.4 Å². The number of aromatic amines is 1. The first-order valence-corrected chi connectivity index (χ1v) is 10.1. The zero-order valence-electron chi connectivity index (χ0n) is 16.2. The molecule has 4 saturated heterocycles. The molecule has 4 aliphatic heterocycles. The number of fused-ring (bicyclic) bond motifs is 1. The second kappa shape index (κ2) is 6.96. The van der Waals surface area contributed by atoms with E-state index in [9.17, 15) is 14.4 Å². The SMILES string of the molecule is O=C(Cn1ccc(=O)[nH]c1=O)NC1C2CN3CCN(C2)CC1(c1ccccc1)C3. The zero-order valence-corrected chi connectivity index (χ0v) is 16.2. The first-order valence-electron chi connectivity index (χ1n) is 10.1. The van der Waals surface area contributed by atoms with Crippen molar-refractivity contribution in [3.8, 4) is 0 Å². The fourth-order valence-electron chi connectivity index (χ4n) is 5.51. The lowest BCUT2D eigenvalue weighted by Gasteiger charge is -2.55. The highest BCUT2D eigenvalue weighted by Gasteiger charge is 2.55. The number of aromatic nitrogens is 2. The summed E-state index contributed by atoms with van der Waals surface area (Å²) >= 11 is 0. The fourth-order valence-corrected chi connectivity index (χ4v) is 5.51. The molecule has 8 nitrogen and oxygen atoms in total. The Bertz CT molecular complexity index is 1010. The summed E-state index contributed by atoms with van der Waals surface area (Å²) in [4.78, 5) is 43.4. The summed E-state index contributed by atoms with van der Waals surface area (Å²) in [7, 11) is 0. The van der Waals surface area contributed by atoms with Gasteiger partial charge in [0.25, 0.3) is 5.56 Å². The zero-order chi connectivity index (χ0) is 20.0. The Labute approximate surface area is 168 Å². The number of hydrogen-bond acceptors (Lipinski definition) is 5. The molecular weight excluding hydrogens is 370 g/mol. The van der Waals surface area contributed by atoms with E-state index in [0.29, 0.717) is 5.92 Å². The van der Waals surface area contributed by atoms with Gasteiger partial charge in [-0.1, -0.05) is 30.3 Å². The molecule has 0 aliphatic carbocycles. The minimum Gasteiger partial charge on any atom is -0.350 e. The van der Waals surface area contributed by atoms with E-state index >= 15 is 0 Å². The van der Waals surface area contributed by atoms with Gasteiger partial charge in [-0.3, -0.25) is 19.1 Å². The normalized spacial score (nSPS) is 32.7. The lowest BCUT2D eigenvalue weighted by atomic mass is 9.64. The number of rotatable bonds is 4. The van der Waals surface area contributed by atoms with Crippen molar-refractivity contribution in [1.82, 2.24) is 24.7 Å². The number of piperidine rings is 2. The van der Waals surface area contributed by atoms with Gasteiger partial charge in [0.05, 0.1) is 0 Å². The van der Waals surface area contributed by atoms with Gasteiger partial charge in [0, 0.05) is 68.9 Å². The number of nitrogens with zero attached hydrogens (tertiary/aromatic N) is 3. The van der Waals surface area contributed by atoms with Gasteiger partial charge in [0.15, 0.2) is 0 Å². The van der Waals surface area contributed by atoms with Crippen LogP contribution in [0.5, 0.6) is 0 Å². The van der Waals surface area contributed by atoms with Crippen molar-refractivity contribution in [1.29, 1.82) is 0 Å². The second-order valence-corrected chi connectivity index (χ2v) is 8.54. The van der Waals surface area contributed by atoms with Crippen molar-refractivity contribution in [2.45, 2.75) is 18.0 Å². The van der Waals surface area contributed by atoms with Crippen LogP contribution < -0.4 is 16.6 Å². The van der Waals surface area contributed by atoms with E-state index in [0.717, 1.165) is 39.3 Å². The van der Waals surface area contributed by atoms with Crippen LogP contribution in [0.4, 0.5) is 0 Å². The summed E-state index contributed by atoms with van der Waals surface area (Å²) in [6, 6.07) is 11.8. The largest absolute Gasteiger partial charge is 0.350 e. The third-order valence-corrected chi connectivity index (χ3v) is 6.67. The maximum Gasteiger partial charge on any atom is 0.328 e. The highest BCUT2D eigenvalue weighted by atomic mass is 16.2. The van der Waals surface area contributed by atoms with Crippen LogP contribution >= 0.6 is 0 Å². The number of nitrogens with one attached hydrogen (secondary N) is 2. The molecule has 1 aromatic carbocycles. The molecule has 1 aromatic heterocycles. The molecule has 152 valence electrons. The summed E-state index contributed by atoms with van der Waals surface area (Å²) < 4.78 is 1.24. The number of benzene rings is 1. The maximum atomic E-state index is 12.9. The summed E-state index contributed by atoms with van der Waals surface area (Å²) in [6.07, 6.45) is 1.37. The number of amides is 1. The Balaban J connectivity index is 1.45. The predicted molar refractivity (Wildman–Crippen MR) is 108 cm³/mol. The first-order chi connectivity index (χ1) is 14.0. The molecule has 0 saturated carbocycles. The molecule has 6 rings (SSSR count). The molecule has 0 radical (unpaired) electrons. The Hall–Kier alpha value is -2.71. The monoisotopic (exact) mass is 395 g/mol. The van der Waals surface area contributed by atoms with E-state index < -0.39 is 11.2 Å². The van der Waals surface area contributed by atoms with Gasteiger partial charge in [0.2, 0.25) is 5.91 Å². The molecule has 2 N–H and O–H groups in total. The predicted octanol–water partition coefficient (Wildman–Crippen LogP) is -0.780. The summed E-state index contributed by atoms with van der Waals surface area (Å²) in [5, 5.41) is 3.28. The van der Waals surface area contributed by atoms with Gasteiger partial charge in [-0.2, -0.15) is 0 Å². The molecule has 3 atom stereocenters. The molecule has 29 heavy (non-hydrogen) atoms. The average Bonchev–Trinajstić information content (AvgIpc) is 2.96. The van der Waals surface area contributed by atoms with Gasteiger partial charge < -0.3 is 15.1 Å². The molecule has 0 spiro atoms. The fraction of sp³-hybridized carbons (Fsp3) is 0.476. The van der Waals surface area contributed by atoms with Crippen LogP contribution in [-0.2, 0) is 16.8 Å². The Morgan fingerprint density at radius 1 is 1.07 bits per heavy atom. The quantitative estimate of drug-likeness (QED) is 0.709. The van der Waals surface area contributed by atoms with Crippen molar-refractivity contribution in [2.75, 3.05) is 39.3 Å². The van der Waals surface area contributed by atoms with E-state index in [4.69, 9.17) is 0 Å².